The molecule has 0 bridgehead atoms. The summed E-state index contributed by atoms with van der Waals surface area (Å²) in [5.41, 5.74) is 7.70. The zero-order valence-electron chi connectivity index (χ0n) is 15.2. The summed E-state index contributed by atoms with van der Waals surface area (Å²) in [7, 11) is 0. The maximum atomic E-state index is 3.34. The van der Waals surface area contributed by atoms with Crippen LogP contribution in [0.5, 0.6) is 0 Å². The minimum absolute atomic E-state index is 0.00246. The molecule has 3 rings (SSSR count). The van der Waals surface area contributed by atoms with E-state index in [0.29, 0.717) is 26.1 Å². The third kappa shape index (κ3) is 3.18. The quantitative estimate of drug-likeness (QED) is 0.345. The monoisotopic (exact) mass is 499 g/mol. The van der Waals surface area contributed by atoms with Gasteiger partial charge in [-0.1, -0.05) is 0 Å². The Labute approximate surface area is 162 Å². The van der Waals surface area contributed by atoms with Gasteiger partial charge in [-0.15, -0.1) is 0 Å². The van der Waals surface area contributed by atoms with Gasteiger partial charge in [-0.25, -0.2) is 0 Å². The van der Waals surface area contributed by atoms with E-state index in [1.165, 1.54) is 22.3 Å². The van der Waals surface area contributed by atoms with Gasteiger partial charge in [-0.2, -0.15) is 0 Å². The first-order chi connectivity index (χ1) is 11.2. The predicted molar refractivity (Wildman–Crippen MR) is 97.2 cm³/mol. The molecule has 24 heavy (non-hydrogen) atoms. The molecule has 0 unspecified atom stereocenters. The van der Waals surface area contributed by atoms with Gasteiger partial charge in [0.15, 0.2) is 0 Å². The van der Waals surface area contributed by atoms with Crippen molar-refractivity contribution in [2.75, 3.05) is 0 Å². The van der Waals surface area contributed by atoms with E-state index in [0.717, 1.165) is 11.1 Å². The van der Waals surface area contributed by atoms with Gasteiger partial charge in [0, 0.05) is 0 Å². The third-order valence-corrected chi connectivity index (χ3v) is 5.18. The topological polar surface area (TPSA) is 0 Å². The number of hydrogen-bond donors (Lipinski definition) is 0. The Kier molecular flexibility index (Phi) is 4.40. The van der Waals surface area contributed by atoms with Crippen LogP contribution in [0.15, 0.2) is 36.4 Å². The van der Waals surface area contributed by atoms with Crippen molar-refractivity contribution >= 4 is 0 Å². The first-order valence-corrected chi connectivity index (χ1v) is 11.1. The van der Waals surface area contributed by atoms with Gasteiger partial charge in [-0.3, -0.25) is 0 Å². The second-order valence-corrected chi connectivity index (χ2v) is 9.32. The summed E-state index contributed by atoms with van der Waals surface area (Å²) < 4.78 is 3.19. The number of benzene rings is 2. The fraction of sp³-hybridized carbons (Fsp3) is 0.304. The van der Waals surface area contributed by atoms with Crippen molar-refractivity contribution in [3.63, 3.8) is 0 Å². The summed E-state index contributed by atoms with van der Waals surface area (Å²) in [6.07, 6.45) is 0. The van der Waals surface area contributed by atoms with Crippen LogP contribution in [0.1, 0.15) is 56.9 Å². The van der Waals surface area contributed by atoms with Gasteiger partial charge >= 0.3 is 142 Å². The molecule has 0 aromatic heterocycles. The summed E-state index contributed by atoms with van der Waals surface area (Å²) >= 11 is 0.526. The molecule has 2 aromatic carbocycles. The molecule has 1 aliphatic rings. The maximum absolute atomic E-state index is 3.34. The molecular weight excluding hydrogens is 477 g/mol. The normalized spacial score (nSPS) is 14.0. The Morgan fingerprint density at radius 1 is 0.833 bits per heavy atom. The molecule has 115 valence electrons. The van der Waals surface area contributed by atoms with Crippen molar-refractivity contribution in [3.8, 4) is 32.3 Å². The number of hydrogen-bond acceptors (Lipinski definition) is 0. The molecule has 0 spiro atoms. The zero-order chi connectivity index (χ0) is 17.5. The van der Waals surface area contributed by atoms with E-state index in [1.807, 2.05) is 0 Å². The van der Waals surface area contributed by atoms with Crippen molar-refractivity contribution in [1.29, 1.82) is 0 Å². The van der Waals surface area contributed by atoms with Crippen LogP contribution in [0.3, 0.4) is 0 Å². The van der Waals surface area contributed by atoms with Crippen LogP contribution < -0.4 is 0 Å². The van der Waals surface area contributed by atoms with Gasteiger partial charge in [-0.05, 0) is 20.8 Å². The molecule has 0 fully saturated rings. The van der Waals surface area contributed by atoms with Crippen LogP contribution in [-0.2, 0) is 31.5 Å². The summed E-state index contributed by atoms with van der Waals surface area (Å²) in [4.78, 5) is 0. The standard InChI is InChI=1S/C23H21.Hg/c1-7-16-8-10-18-19-11-9-17(12-13-22(2,3)4)15-21(19)23(5,6)20(18)14-16;/h8-11,14-15H,2-6H3;. The fourth-order valence-corrected chi connectivity index (χ4v) is 4.05. The third-order valence-electron chi connectivity index (χ3n) is 4.49. The van der Waals surface area contributed by atoms with Gasteiger partial charge in [0.25, 0.3) is 0 Å². The van der Waals surface area contributed by atoms with E-state index < -0.39 is 0 Å². The Morgan fingerprint density at radius 3 is 1.79 bits per heavy atom. The van der Waals surface area contributed by atoms with E-state index in [1.54, 1.807) is 0 Å². The van der Waals surface area contributed by atoms with Crippen molar-refractivity contribution in [3.05, 3.63) is 58.7 Å². The number of rotatable bonds is 0. The average Bonchev–Trinajstić information content (AvgIpc) is 2.73. The Hall–Kier alpha value is -1.50. The molecule has 2 aromatic rings. The average molecular weight is 498 g/mol. The van der Waals surface area contributed by atoms with Crippen LogP contribution in [0, 0.1) is 26.6 Å². The Balaban J connectivity index is 2.13. The second-order valence-electron chi connectivity index (χ2n) is 7.95. The van der Waals surface area contributed by atoms with Gasteiger partial charge in [0.2, 0.25) is 0 Å². The molecule has 0 radical (unpaired) electrons. The van der Waals surface area contributed by atoms with Crippen LogP contribution in [0.25, 0.3) is 11.1 Å². The molecule has 0 atom stereocenters. The molecule has 0 aliphatic heterocycles. The SMILES string of the molecule is CC(C)(C)C#Cc1ccc2c(c1)C(C)(C)c1cc(C#[C][Hg])ccc1-2. The number of fused-ring (bicyclic) bond motifs is 3. The molecule has 1 aliphatic carbocycles. The van der Waals surface area contributed by atoms with Crippen molar-refractivity contribution in [2.45, 2.75) is 40.0 Å². The molecule has 1 heteroatoms. The van der Waals surface area contributed by atoms with Crippen LogP contribution >= 0.6 is 0 Å². The van der Waals surface area contributed by atoms with E-state index in [9.17, 15) is 0 Å². The van der Waals surface area contributed by atoms with Crippen LogP contribution in [-0.4, -0.2) is 0 Å². The van der Waals surface area contributed by atoms with E-state index >= 15 is 0 Å². The first-order valence-electron chi connectivity index (χ1n) is 8.33. The second kappa shape index (κ2) is 6.09. The summed E-state index contributed by atoms with van der Waals surface area (Å²) in [6, 6.07) is 13.3. The molecule has 0 saturated heterocycles. The van der Waals surface area contributed by atoms with Crippen molar-refractivity contribution in [2.24, 2.45) is 5.41 Å². The first kappa shape index (κ1) is 17.3. The molecular formula is C23H21Hg. The fourth-order valence-electron chi connectivity index (χ4n) is 3.25. The Morgan fingerprint density at radius 2 is 1.33 bits per heavy atom. The van der Waals surface area contributed by atoms with E-state index in [-0.39, 0.29) is 10.8 Å². The molecule has 0 amide bonds. The molecule has 0 heterocycles. The predicted octanol–water partition coefficient (Wildman–Crippen LogP) is 5.25. The van der Waals surface area contributed by atoms with Gasteiger partial charge < -0.3 is 0 Å². The van der Waals surface area contributed by atoms with Crippen molar-refractivity contribution < 1.29 is 26.1 Å². The molecule has 0 saturated carbocycles. The summed E-state index contributed by atoms with van der Waals surface area (Å²) in [5, 5.41) is 0. The van der Waals surface area contributed by atoms with E-state index in [4.69, 9.17) is 0 Å². The van der Waals surface area contributed by atoms with E-state index in [2.05, 4.69) is 92.2 Å². The van der Waals surface area contributed by atoms with Gasteiger partial charge in [0.05, 0.1) is 0 Å². The molecule has 0 N–H and O–H groups in total. The van der Waals surface area contributed by atoms with Crippen LogP contribution in [0.4, 0.5) is 0 Å². The van der Waals surface area contributed by atoms with Gasteiger partial charge in [0.1, 0.15) is 0 Å². The summed E-state index contributed by atoms with van der Waals surface area (Å²) in [5.74, 6) is 9.95. The van der Waals surface area contributed by atoms with Crippen molar-refractivity contribution in [1.82, 2.24) is 0 Å². The van der Waals surface area contributed by atoms with Crippen LogP contribution in [0.2, 0.25) is 0 Å². The summed E-state index contributed by atoms with van der Waals surface area (Å²) in [6.45, 7) is 11.1. The molecule has 0 nitrogen and oxygen atoms in total. The minimum atomic E-state index is -0.00246. The zero-order valence-corrected chi connectivity index (χ0v) is 20.7. The Bertz CT molecular complexity index is 932.